The lowest BCUT2D eigenvalue weighted by Gasteiger charge is -2.11. The molecule has 0 saturated heterocycles. The number of hydrogen-bond donors (Lipinski definition) is 0. The van der Waals surface area contributed by atoms with Crippen LogP contribution in [-0.2, 0) is 12.8 Å². The van der Waals surface area contributed by atoms with Crippen LogP contribution >= 0.6 is 11.3 Å². The lowest BCUT2D eigenvalue weighted by molar-refractivity contribution is -0.386. The molecule has 0 aliphatic heterocycles. The number of nitro benzene ring substituents is 1. The number of thiophene rings is 1. The largest absolute Gasteiger partial charge is 0.476 e. The summed E-state index contributed by atoms with van der Waals surface area (Å²) in [6.45, 7) is 1.79. The van der Waals surface area contributed by atoms with E-state index in [1.165, 1.54) is 16.5 Å². The van der Waals surface area contributed by atoms with Crippen molar-refractivity contribution in [1.29, 1.82) is 0 Å². The number of ether oxygens (including phenoxy) is 1. The molecule has 0 spiro atoms. The number of rotatable bonds is 4. The van der Waals surface area contributed by atoms with Crippen LogP contribution in [-0.4, -0.2) is 24.5 Å². The zero-order valence-electron chi connectivity index (χ0n) is 14.5. The van der Waals surface area contributed by atoms with Gasteiger partial charge in [0.05, 0.1) is 10.3 Å². The van der Waals surface area contributed by atoms with Crippen LogP contribution in [0.1, 0.15) is 35.7 Å². The molecule has 0 saturated carbocycles. The fraction of sp³-hybridized carbons (Fsp3) is 0.278. The summed E-state index contributed by atoms with van der Waals surface area (Å²) in [7, 11) is 0. The highest BCUT2D eigenvalue weighted by Crippen LogP contribution is 2.38. The number of para-hydroxylation sites is 2. The molecule has 1 atom stereocenters. The van der Waals surface area contributed by atoms with Gasteiger partial charge in [0, 0.05) is 10.9 Å². The van der Waals surface area contributed by atoms with Crippen LogP contribution in [0, 0.1) is 10.1 Å². The molecule has 9 heteroatoms. The molecule has 0 amide bonds. The predicted molar refractivity (Wildman–Crippen MR) is 100 cm³/mol. The lowest BCUT2D eigenvalue weighted by Crippen LogP contribution is -2.07. The molecule has 0 bridgehead atoms. The Hall–Kier alpha value is -3.07. The Labute approximate surface area is 157 Å². The van der Waals surface area contributed by atoms with Crippen molar-refractivity contribution in [2.24, 2.45) is 0 Å². The summed E-state index contributed by atoms with van der Waals surface area (Å²) in [5.74, 6) is 0.675. The molecule has 0 fully saturated rings. The topological polar surface area (TPSA) is 95.5 Å². The highest BCUT2D eigenvalue weighted by Gasteiger charge is 2.24. The van der Waals surface area contributed by atoms with E-state index in [2.05, 4.69) is 15.1 Å². The zero-order valence-corrected chi connectivity index (χ0v) is 15.3. The second-order valence-corrected chi connectivity index (χ2v) is 7.59. The first-order valence-electron chi connectivity index (χ1n) is 8.67. The van der Waals surface area contributed by atoms with E-state index in [4.69, 9.17) is 4.74 Å². The van der Waals surface area contributed by atoms with Crippen LogP contribution in [0.3, 0.4) is 0 Å². The highest BCUT2D eigenvalue weighted by atomic mass is 32.1. The van der Waals surface area contributed by atoms with Gasteiger partial charge in [0.1, 0.15) is 11.2 Å². The van der Waals surface area contributed by atoms with Gasteiger partial charge in [-0.25, -0.2) is 14.5 Å². The number of aryl methyl sites for hydroxylation is 2. The van der Waals surface area contributed by atoms with Gasteiger partial charge in [0.15, 0.2) is 23.3 Å². The summed E-state index contributed by atoms with van der Waals surface area (Å²) >= 11 is 1.73. The Morgan fingerprint density at radius 1 is 1.33 bits per heavy atom. The first-order chi connectivity index (χ1) is 13.1. The quantitative estimate of drug-likeness (QED) is 0.393. The highest BCUT2D eigenvalue weighted by molar-refractivity contribution is 7.19. The van der Waals surface area contributed by atoms with Gasteiger partial charge in [-0.3, -0.25) is 10.1 Å². The number of benzene rings is 1. The van der Waals surface area contributed by atoms with Crippen molar-refractivity contribution in [1.82, 2.24) is 19.6 Å². The third-order valence-electron chi connectivity index (χ3n) is 4.79. The Morgan fingerprint density at radius 2 is 2.19 bits per heavy atom. The second kappa shape index (κ2) is 5.98. The predicted octanol–water partition coefficient (Wildman–Crippen LogP) is 3.88. The molecule has 8 nitrogen and oxygen atoms in total. The maximum Gasteiger partial charge on any atom is 0.310 e. The normalized spacial score (nSPS) is 14.6. The molecule has 27 heavy (non-hydrogen) atoms. The van der Waals surface area contributed by atoms with Crippen molar-refractivity contribution >= 4 is 32.9 Å². The van der Waals surface area contributed by atoms with Crippen molar-refractivity contribution < 1.29 is 9.66 Å². The van der Waals surface area contributed by atoms with Crippen LogP contribution in [0.5, 0.6) is 5.75 Å². The van der Waals surface area contributed by atoms with Crippen molar-refractivity contribution in [2.45, 2.75) is 32.3 Å². The number of fused-ring (bicyclic) bond motifs is 5. The molecule has 1 aliphatic carbocycles. The number of nitrogens with zero attached hydrogens (tertiary/aromatic N) is 5. The lowest BCUT2D eigenvalue weighted by atomic mass is 10.2. The molecule has 136 valence electrons. The maximum absolute atomic E-state index is 11.2. The Morgan fingerprint density at radius 3 is 3.04 bits per heavy atom. The fourth-order valence-corrected chi connectivity index (χ4v) is 4.76. The molecule has 4 aromatic rings. The van der Waals surface area contributed by atoms with Crippen LogP contribution in [0.25, 0.3) is 15.9 Å². The van der Waals surface area contributed by atoms with Gasteiger partial charge in [-0.15, -0.1) is 16.4 Å². The van der Waals surface area contributed by atoms with E-state index in [-0.39, 0.29) is 11.4 Å². The van der Waals surface area contributed by atoms with E-state index in [1.54, 1.807) is 47.3 Å². The smallest absolute Gasteiger partial charge is 0.310 e. The molecular weight excluding hydrogens is 366 g/mol. The minimum atomic E-state index is -0.535. The number of hydrogen-bond acceptors (Lipinski definition) is 7. The Bertz CT molecular complexity index is 1200. The molecule has 3 aromatic heterocycles. The number of aromatic nitrogens is 4. The molecule has 5 rings (SSSR count). The molecule has 1 aliphatic rings. The summed E-state index contributed by atoms with van der Waals surface area (Å²) in [5, 5.41) is 16.8. The van der Waals surface area contributed by atoms with E-state index in [0.717, 1.165) is 35.1 Å². The zero-order chi connectivity index (χ0) is 18.5. The number of nitro groups is 1. The van der Waals surface area contributed by atoms with Crippen molar-refractivity contribution in [2.75, 3.05) is 0 Å². The van der Waals surface area contributed by atoms with Gasteiger partial charge in [0.25, 0.3) is 0 Å². The SMILES string of the molecule is C[C@@H](Oc1ccccc1[N+](=O)[O-])c1nc2c3c4c(sc3ncn2n1)CCC4. The van der Waals surface area contributed by atoms with Gasteiger partial charge in [-0.2, -0.15) is 0 Å². The fourth-order valence-electron chi connectivity index (χ4n) is 3.53. The third kappa shape index (κ3) is 2.54. The van der Waals surface area contributed by atoms with E-state index >= 15 is 0 Å². The average molecular weight is 381 g/mol. The summed E-state index contributed by atoms with van der Waals surface area (Å²) in [5.41, 5.74) is 2.03. The van der Waals surface area contributed by atoms with Crippen molar-refractivity contribution in [3.8, 4) is 5.75 Å². The van der Waals surface area contributed by atoms with Crippen LogP contribution in [0.4, 0.5) is 5.69 Å². The molecular formula is C18H15N5O3S. The van der Waals surface area contributed by atoms with E-state index in [0.29, 0.717) is 5.82 Å². The summed E-state index contributed by atoms with van der Waals surface area (Å²) < 4.78 is 7.48. The average Bonchev–Trinajstić information content (AvgIpc) is 3.34. The van der Waals surface area contributed by atoms with Gasteiger partial charge >= 0.3 is 5.69 Å². The standard InChI is InChI=1S/C18H15N5O3S/c1-10(26-13-7-3-2-6-12(13)23(24)25)16-20-17-15-11-5-4-8-14(11)27-18(15)19-9-22(17)21-16/h2-3,6-7,9-10H,4-5,8H2,1H3/t10-/m1/s1. The summed E-state index contributed by atoms with van der Waals surface area (Å²) in [6.07, 6.45) is 4.43. The minimum Gasteiger partial charge on any atom is -0.476 e. The van der Waals surface area contributed by atoms with Crippen LogP contribution in [0.15, 0.2) is 30.6 Å². The minimum absolute atomic E-state index is 0.0761. The van der Waals surface area contributed by atoms with Crippen LogP contribution in [0.2, 0.25) is 0 Å². The van der Waals surface area contributed by atoms with E-state index in [9.17, 15) is 10.1 Å². The van der Waals surface area contributed by atoms with Gasteiger partial charge < -0.3 is 4.74 Å². The molecule has 0 N–H and O–H groups in total. The Balaban J connectivity index is 1.56. The first kappa shape index (κ1) is 16.1. The summed E-state index contributed by atoms with van der Waals surface area (Å²) in [4.78, 5) is 22.3. The summed E-state index contributed by atoms with van der Waals surface area (Å²) in [6, 6.07) is 6.31. The van der Waals surface area contributed by atoms with Crippen LogP contribution < -0.4 is 4.74 Å². The van der Waals surface area contributed by atoms with Gasteiger partial charge in [0.2, 0.25) is 0 Å². The first-order valence-corrected chi connectivity index (χ1v) is 9.49. The third-order valence-corrected chi connectivity index (χ3v) is 5.99. The Kier molecular flexibility index (Phi) is 3.57. The second-order valence-electron chi connectivity index (χ2n) is 6.51. The van der Waals surface area contributed by atoms with Gasteiger partial charge in [-0.1, -0.05) is 12.1 Å². The van der Waals surface area contributed by atoms with Crippen molar-refractivity contribution in [3.05, 3.63) is 57.0 Å². The monoisotopic (exact) mass is 381 g/mol. The van der Waals surface area contributed by atoms with Gasteiger partial charge in [-0.05, 0) is 37.8 Å². The van der Waals surface area contributed by atoms with Crippen molar-refractivity contribution in [3.63, 3.8) is 0 Å². The maximum atomic E-state index is 11.2. The molecule has 0 unspecified atom stereocenters. The van der Waals surface area contributed by atoms with E-state index < -0.39 is 11.0 Å². The van der Waals surface area contributed by atoms with E-state index in [1.807, 2.05) is 0 Å². The molecule has 0 radical (unpaired) electrons. The molecule has 3 heterocycles. The molecule has 1 aromatic carbocycles.